The molecule has 0 aliphatic carbocycles. The van der Waals surface area contributed by atoms with Crippen LogP contribution in [0.4, 0.5) is 11.6 Å². The van der Waals surface area contributed by atoms with Gasteiger partial charge in [0.25, 0.3) is 0 Å². The molecule has 0 amide bonds. The fourth-order valence-corrected chi connectivity index (χ4v) is 1.65. The van der Waals surface area contributed by atoms with Gasteiger partial charge in [-0.25, -0.2) is 9.97 Å². The zero-order chi connectivity index (χ0) is 14.6. The van der Waals surface area contributed by atoms with Crippen LogP contribution in [0, 0.1) is 0 Å². The highest BCUT2D eigenvalue weighted by Crippen LogP contribution is 2.11. The topological polar surface area (TPSA) is 68.3 Å². The molecule has 0 saturated carbocycles. The molecule has 6 nitrogen and oxygen atoms in total. The maximum Gasteiger partial charge on any atom is 0.132 e. The first kappa shape index (κ1) is 16.7. The third kappa shape index (κ3) is 6.68. The quantitative estimate of drug-likeness (QED) is 0.605. The van der Waals surface area contributed by atoms with Gasteiger partial charge in [-0.05, 0) is 13.3 Å². The molecule has 0 saturated heterocycles. The summed E-state index contributed by atoms with van der Waals surface area (Å²) in [5, 5.41) is 6.52. The number of aromatic nitrogens is 2. The van der Waals surface area contributed by atoms with Crippen molar-refractivity contribution in [3.8, 4) is 0 Å². The Morgan fingerprint density at radius 1 is 1.05 bits per heavy atom. The van der Waals surface area contributed by atoms with E-state index < -0.39 is 0 Å². The number of ether oxygens (including phenoxy) is 2. The molecule has 0 bridgehead atoms. The second kappa shape index (κ2) is 10.4. The third-order valence-corrected chi connectivity index (χ3v) is 2.65. The molecule has 1 rings (SSSR count). The molecule has 6 heteroatoms. The average Bonchev–Trinajstić information content (AvgIpc) is 2.46. The lowest BCUT2D eigenvalue weighted by atomic mass is 10.4. The molecule has 0 aromatic carbocycles. The van der Waals surface area contributed by atoms with E-state index in [9.17, 15) is 0 Å². The molecule has 0 atom stereocenters. The molecule has 0 aliphatic rings. The van der Waals surface area contributed by atoms with Gasteiger partial charge >= 0.3 is 0 Å². The Balaban J connectivity index is 2.33. The summed E-state index contributed by atoms with van der Waals surface area (Å²) >= 11 is 0. The van der Waals surface area contributed by atoms with Crippen LogP contribution in [0.25, 0.3) is 0 Å². The van der Waals surface area contributed by atoms with Gasteiger partial charge in [-0.2, -0.15) is 0 Å². The lowest BCUT2D eigenvalue weighted by Crippen LogP contribution is -2.11. The van der Waals surface area contributed by atoms with Crippen LogP contribution in [0.5, 0.6) is 0 Å². The molecule has 0 unspecified atom stereocenters. The molecule has 0 aliphatic heterocycles. The van der Waals surface area contributed by atoms with Crippen molar-refractivity contribution in [1.82, 2.24) is 9.97 Å². The molecule has 0 fully saturated rings. The van der Waals surface area contributed by atoms with E-state index in [-0.39, 0.29) is 0 Å². The van der Waals surface area contributed by atoms with Crippen molar-refractivity contribution in [2.75, 3.05) is 50.7 Å². The van der Waals surface area contributed by atoms with Gasteiger partial charge in [-0.15, -0.1) is 0 Å². The van der Waals surface area contributed by atoms with Crippen LogP contribution in [0.3, 0.4) is 0 Å². The molecular weight excluding hydrogens is 256 g/mol. The Labute approximate surface area is 121 Å². The minimum absolute atomic E-state index is 0.644. The number of hydrogen-bond donors (Lipinski definition) is 2. The van der Waals surface area contributed by atoms with Crippen molar-refractivity contribution in [2.45, 2.75) is 26.7 Å². The van der Waals surface area contributed by atoms with Crippen LogP contribution in [0.2, 0.25) is 0 Å². The number of rotatable bonds is 11. The highest BCUT2D eigenvalue weighted by molar-refractivity contribution is 5.47. The Kier molecular flexibility index (Phi) is 8.66. The van der Waals surface area contributed by atoms with Gasteiger partial charge in [0.05, 0.1) is 13.2 Å². The van der Waals surface area contributed by atoms with Crippen LogP contribution in [-0.2, 0) is 15.9 Å². The van der Waals surface area contributed by atoms with Crippen LogP contribution >= 0.6 is 0 Å². The predicted octanol–water partition coefficient (Wildman–Crippen LogP) is 1.94. The van der Waals surface area contributed by atoms with E-state index in [1.807, 2.05) is 6.07 Å². The largest absolute Gasteiger partial charge is 0.382 e. The van der Waals surface area contributed by atoms with Crippen LogP contribution < -0.4 is 10.6 Å². The average molecular weight is 282 g/mol. The van der Waals surface area contributed by atoms with E-state index >= 15 is 0 Å². The lowest BCUT2D eigenvalue weighted by molar-refractivity contribution is 0.0705. The highest BCUT2D eigenvalue weighted by Gasteiger charge is 2.02. The number of methoxy groups -OCH3 is 1. The van der Waals surface area contributed by atoms with Gasteiger partial charge in [0, 0.05) is 39.3 Å². The number of nitrogens with one attached hydrogen (secondary N) is 2. The normalized spacial score (nSPS) is 10.6. The van der Waals surface area contributed by atoms with E-state index in [0.29, 0.717) is 13.2 Å². The van der Waals surface area contributed by atoms with E-state index in [4.69, 9.17) is 9.47 Å². The van der Waals surface area contributed by atoms with Crippen molar-refractivity contribution in [3.05, 3.63) is 11.9 Å². The van der Waals surface area contributed by atoms with Crippen LogP contribution in [0.15, 0.2) is 6.07 Å². The van der Waals surface area contributed by atoms with Gasteiger partial charge in [0.1, 0.15) is 17.5 Å². The van der Waals surface area contributed by atoms with E-state index in [1.54, 1.807) is 7.11 Å². The summed E-state index contributed by atoms with van der Waals surface area (Å²) < 4.78 is 10.3. The van der Waals surface area contributed by atoms with Gasteiger partial charge in [0.2, 0.25) is 0 Å². The molecule has 114 valence electrons. The zero-order valence-corrected chi connectivity index (χ0v) is 12.7. The molecule has 0 radical (unpaired) electrons. The van der Waals surface area contributed by atoms with Crippen molar-refractivity contribution >= 4 is 11.6 Å². The SMILES string of the molecule is CCNc1cc(NCCCOCCOC)nc(CC)n1. The summed E-state index contributed by atoms with van der Waals surface area (Å²) in [6.45, 7) is 7.81. The predicted molar refractivity (Wildman–Crippen MR) is 81.4 cm³/mol. The molecule has 1 aromatic rings. The smallest absolute Gasteiger partial charge is 0.132 e. The van der Waals surface area contributed by atoms with Gasteiger partial charge in [-0.3, -0.25) is 0 Å². The Morgan fingerprint density at radius 3 is 2.45 bits per heavy atom. The monoisotopic (exact) mass is 282 g/mol. The highest BCUT2D eigenvalue weighted by atomic mass is 16.5. The first-order valence-corrected chi connectivity index (χ1v) is 7.22. The van der Waals surface area contributed by atoms with Crippen molar-refractivity contribution < 1.29 is 9.47 Å². The lowest BCUT2D eigenvalue weighted by Gasteiger charge is -2.10. The van der Waals surface area contributed by atoms with E-state index in [1.165, 1.54) is 0 Å². The fourth-order valence-electron chi connectivity index (χ4n) is 1.65. The second-order valence-electron chi connectivity index (χ2n) is 4.32. The van der Waals surface area contributed by atoms with Gasteiger partial charge in [-0.1, -0.05) is 6.92 Å². The second-order valence-corrected chi connectivity index (χ2v) is 4.32. The fraction of sp³-hybridized carbons (Fsp3) is 0.714. The standard InChI is InChI=1S/C14H26N4O2/c1-4-12-17-13(15-5-2)11-14(18-12)16-7-6-8-20-10-9-19-3/h11H,4-10H2,1-3H3,(H2,15,16,17,18). The van der Waals surface area contributed by atoms with Crippen LogP contribution in [0.1, 0.15) is 26.1 Å². The number of anilines is 2. The Hall–Kier alpha value is -1.40. The Morgan fingerprint density at radius 2 is 1.80 bits per heavy atom. The van der Waals surface area contributed by atoms with Crippen molar-refractivity contribution in [2.24, 2.45) is 0 Å². The summed E-state index contributed by atoms with van der Waals surface area (Å²) in [5.41, 5.74) is 0. The maximum atomic E-state index is 5.41. The van der Waals surface area contributed by atoms with E-state index in [0.717, 1.165) is 50.0 Å². The van der Waals surface area contributed by atoms with Crippen molar-refractivity contribution in [1.29, 1.82) is 0 Å². The maximum absolute atomic E-state index is 5.41. The van der Waals surface area contributed by atoms with Gasteiger partial charge in [0.15, 0.2) is 0 Å². The molecule has 1 aromatic heterocycles. The third-order valence-electron chi connectivity index (χ3n) is 2.65. The zero-order valence-electron chi connectivity index (χ0n) is 12.7. The van der Waals surface area contributed by atoms with E-state index in [2.05, 4.69) is 34.4 Å². The first-order valence-electron chi connectivity index (χ1n) is 7.22. The number of hydrogen-bond acceptors (Lipinski definition) is 6. The van der Waals surface area contributed by atoms with Crippen LogP contribution in [-0.4, -0.2) is 50.0 Å². The number of nitrogens with zero attached hydrogens (tertiary/aromatic N) is 2. The summed E-state index contributed by atoms with van der Waals surface area (Å²) in [6, 6.07) is 1.94. The molecular formula is C14H26N4O2. The molecule has 1 heterocycles. The number of aryl methyl sites for hydroxylation is 1. The minimum atomic E-state index is 0.644. The molecule has 2 N–H and O–H groups in total. The summed E-state index contributed by atoms with van der Waals surface area (Å²) in [7, 11) is 1.67. The van der Waals surface area contributed by atoms with Gasteiger partial charge < -0.3 is 20.1 Å². The Bertz CT molecular complexity index is 374. The van der Waals surface area contributed by atoms with Crippen molar-refractivity contribution in [3.63, 3.8) is 0 Å². The summed E-state index contributed by atoms with van der Waals surface area (Å²) in [4.78, 5) is 8.88. The molecule has 0 spiro atoms. The summed E-state index contributed by atoms with van der Waals surface area (Å²) in [6.07, 6.45) is 1.76. The first-order chi connectivity index (χ1) is 9.80. The summed E-state index contributed by atoms with van der Waals surface area (Å²) in [5.74, 6) is 2.59. The minimum Gasteiger partial charge on any atom is -0.382 e. The molecule has 20 heavy (non-hydrogen) atoms.